The predicted octanol–water partition coefficient (Wildman–Crippen LogP) is 4.64. The van der Waals surface area contributed by atoms with E-state index in [1.807, 2.05) is 36.0 Å². The van der Waals surface area contributed by atoms with Crippen molar-refractivity contribution in [2.75, 3.05) is 12.9 Å². The first-order chi connectivity index (χ1) is 12.1. The zero-order valence-electron chi connectivity index (χ0n) is 13.6. The molecule has 1 fully saturated rings. The van der Waals surface area contributed by atoms with Crippen LogP contribution in [0.4, 0.5) is 0 Å². The Morgan fingerprint density at radius 3 is 2.76 bits per heavy atom. The molecule has 1 unspecified atom stereocenters. The lowest BCUT2D eigenvalue weighted by Crippen LogP contribution is -2.24. The number of ether oxygens (including phenoxy) is 1. The molecule has 1 saturated carbocycles. The number of methoxy groups -OCH3 is 1. The molecule has 0 radical (unpaired) electrons. The van der Waals surface area contributed by atoms with Crippen LogP contribution < -0.4 is 10.1 Å². The smallest absolute Gasteiger partial charge is 0.232 e. The van der Waals surface area contributed by atoms with Crippen molar-refractivity contribution in [3.8, 4) is 17.0 Å². The number of rotatable bonds is 5. The van der Waals surface area contributed by atoms with E-state index in [9.17, 15) is 0 Å². The number of nitrogens with zero attached hydrogens (tertiary/aromatic N) is 2. The van der Waals surface area contributed by atoms with Crippen molar-refractivity contribution < 1.29 is 4.74 Å². The SMILES string of the molecule is COc1ncc(-c2ccc(Cl)cc2C2=NC(NC3CC3)SC2)cc1Cl. The summed E-state index contributed by atoms with van der Waals surface area (Å²) in [5.74, 6) is 1.28. The van der Waals surface area contributed by atoms with Crippen LogP contribution in [0, 0.1) is 0 Å². The molecule has 1 N–H and O–H groups in total. The minimum absolute atomic E-state index is 0.131. The molecular weight excluding hydrogens is 377 g/mol. The van der Waals surface area contributed by atoms with Crippen molar-refractivity contribution in [2.24, 2.45) is 4.99 Å². The Labute approximate surface area is 161 Å². The average Bonchev–Trinajstić information content (AvgIpc) is 3.29. The Morgan fingerprint density at radius 2 is 2.04 bits per heavy atom. The van der Waals surface area contributed by atoms with Gasteiger partial charge in [0.2, 0.25) is 5.88 Å². The van der Waals surface area contributed by atoms with Crippen LogP contribution in [0.3, 0.4) is 0 Å². The Kier molecular flexibility index (Phi) is 4.91. The first-order valence-corrected chi connectivity index (χ1v) is 9.88. The van der Waals surface area contributed by atoms with Gasteiger partial charge in [0, 0.05) is 34.1 Å². The maximum atomic E-state index is 6.25. The lowest BCUT2D eigenvalue weighted by atomic mass is 9.98. The minimum Gasteiger partial charge on any atom is -0.480 e. The molecule has 0 spiro atoms. The topological polar surface area (TPSA) is 46.5 Å². The van der Waals surface area contributed by atoms with Crippen LogP contribution in [0.5, 0.6) is 5.88 Å². The maximum Gasteiger partial charge on any atom is 0.232 e. The molecule has 1 aromatic heterocycles. The highest BCUT2D eigenvalue weighted by molar-refractivity contribution is 8.00. The van der Waals surface area contributed by atoms with Crippen LogP contribution in [-0.2, 0) is 0 Å². The molecule has 2 heterocycles. The van der Waals surface area contributed by atoms with Crippen molar-refractivity contribution in [3.63, 3.8) is 0 Å². The third-order valence-corrected chi connectivity index (χ3v) is 5.71. The molecule has 7 heteroatoms. The second kappa shape index (κ2) is 7.16. The Bertz CT molecular complexity index is 839. The largest absolute Gasteiger partial charge is 0.480 e. The molecule has 4 rings (SSSR count). The number of halogens is 2. The molecule has 4 nitrogen and oxygen atoms in total. The normalized spacial score (nSPS) is 19.8. The van der Waals surface area contributed by atoms with E-state index >= 15 is 0 Å². The Morgan fingerprint density at radius 1 is 1.20 bits per heavy atom. The first-order valence-electron chi connectivity index (χ1n) is 8.08. The van der Waals surface area contributed by atoms with Crippen LogP contribution in [0.25, 0.3) is 11.1 Å². The van der Waals surface area contributed by atoms with Gasteiger partial charge in [-0.2, -0.15) is 0 Å². The second-order valence-corrected chi connectivity index (χ2v) is 8.00. The van der Waals surface area contributed by atoms with Gasteiger partial charge in [0.25, 0.3) is 0 Å². The predicted molar refractivity (Wildman–Crippen MR) is 105 cm³/mol. The van der Waals surface area contributed by atoms with Gasteiger partial charge < -0.3 is 4.74 Å². The lowest BCUT2D eigenvalue weighted by Gasteiger charge is -2.11. The fraction of sp³-hybridized carbons (Fsp3) is 0.333. The third kappa shape index (κ3) is 3.80. The number of benzene rings is 1. The Hall–Kier alpha value is -1.27. The summed E-state index contributed by atoms with van der Waals surface area (Å²) in [6.07, 6.45) is 4.26. The van der Waals surface area contributed by atoms with Gasteiger partial charge in [0.05, 0.1) is 12.8 Å². The summed E-state index contributed by atoms with van der Waals surface area (Å²) >= 11 is 14.3. The van der Waals surface area contributed by atoms with E-state index in [-0.39, 0.29) is 5.50 Å². The number of hydrogen-bond acceptors (Lipinski definition) is 5. The monoisotopic (exact) mass is 393 g/mol. The molecule has 0 bridgehead atoms. The van der Waals surface area contributed by atoms with Crippen LogP contribution >= 0.6 is 35.0 Å². The first kappa shape index (κ1) is 17.2. The van der Waals surface area contributed by atoms with Crippen molar-refractivity contribution in [3.05, 3.63) is 46.1 Å². The number of hydrogen-bond donors (Lipinski definition) is 1. The number of pyridine rings is 1. The van der Waals surface area contributed by atoms with E-state index in [1.165, 1.54) is 12.8 Å². The molecular formula is C18H17Cl2N3OS. The van der Waals surface area contributed by atoms with E-state index in [4.69, 9.17) is 32.9 Å². The zero-order chi connectivity index (χ0) is 17.4. The number of nitrogens with one attached hydrogen (secondary N) is 1. The van der Waals surface area contributed by atoms with Gasteiger partial charge in [-0.3, -0.25) is 10.3 Å². The number of aliphatic imine (C=N–C) groups is 1. The molecule has 2 aromatic rings. The highest BCUT2D eigenvalue weighted by atomic mass is 35.5. The fourth-order valence-corrected chi connectivity index (χ4v) is 4.24. The van der Waals surface area contributed by atoms with Crippen molar-refractivity contribution in [2.45, 2.75) is 24.4 Å². The van der Waals surface area contributed by atoms with Crippen LogP contribution in [-0.4, -0.2) is 35.1 Å². The van der Waals surface area contributed by atoms with E-state index in [0.717, 1.165) is 28.2 Å². The quantitative estimate of drug-likeness (QED) is 0.803. The summed E-state index contributed by atoms with van der Waals surface area (Å²) in [5.41, 5.74) is 4.15. The summed E-state index contributed by atoms with van der Waals surface area (Å²) in [7, 11) is 1.55. The molecule has 0 amide bonds. The Balaban J connectivity index is 1.70. The third-order valence-electron chi connectivity index (χ3n) is 4.21. The van der Waals surface area contributed by atoms with Gasteiger partial charge in [-0.15, -0.1) is 11.8 Å². The van der Waals surface area contributed by atoms with E-state index in [0.29, 0.717) is 22.0 Å². The minimum atomic E-state index is 0.131. The summed E-state index contributed by atoms with van der Waals surface area (Å²) < 4.78 is 5.14. The molecule has 1 aliphatic carbocycles. The van der Waals surface area contributed by atoms with Gasteiger partial charge in [-0.1, -0.05) is 29.3 Å². The summed E-state index contributed by atoms with van der Waals surface area (Å²) in [5, 5.41) is 4.72. The standard InChI is InChI=1S/C18H17Cl2N3OS/c1-24-17-15(20)6-10(8-21-17)13-5-2-11(19)7-14(13)16-9-25-18(23-16)22-12-3-4-12/h2,5-8,12,18,22H,3-4,9H2,1H3. The van der Waals surface area contributed by atoms with Gasteiger partial charge in [0.1, 0.15) is 10.5 Å². The van der Waals surface area contributed by atoms with E-state index in [2.05, 4.69) is 10.3 Å². The van der Waals surface area contributed by atoms with Crippen molar-refractivity contribution >= 4 is 40.7 Å². The van der Waals surface area contributed by atoms with Crippen LogP contribution in [0.1, 0.15) is 18.4 Å². The highest BCUT2D eigenvalue weighted by Crippen LogP contribution is 2.34. The summed E-state index contributed by atoms with van der Waals surface area (Å²) in [6, 6.07) is 8.33. The molecule has 1 atom stereocenters. The second-order valence-electron chi connectivity index (χ2n) is 6.09. The summed E-state index contributed by atoms with van der Waals surface area (Å²) in [6.45, 7) is 0. The van der Waals surface area contributed by atoms with Crippen LogP contribution in [0.15, 0.2) is 35.5 Å². The maximum absolute atomic E-state index is 6.25. The van der Waals surface area contributed by atoms with Gasteiger partial charge >= 0.3 is 0 Å². The molecule has 1 aromatic carbocycles. The van der Waals surface area contributed by atoms with Crippen LogP contribution in [0.2, 0.25) is 10.0 Å². The molecule has 130 valence electrons. The average molecular weight is 394 g/mol. The van der Waals surface area contributed by atoms with Gasteiger partial charge in [-0.05, 0) is 36.6 Å². The van der Waals surface area contributed by atoms with Gasteiger partial charge in [0.15, 0.2) is 0 Å². The molecule has 1 aliphatic heterocycles. The van der Waals surface area contributed by atoms with Crippen molar-refractivity contribution in [1.29, 1.82) is 0 Å². The van der Waals surface area contributed by atoms with Gasteiger partial charge in [-0.25, -0.2) is 4.98 Å². The highest BCUT2D eigenvalue weighted by Gasteiger charge is 2.28. The van der Waals surface area contributed by atoms with E-state index in [1.54, 1.807) is 13.3 Å². The molecule has 25 heavy (non-hydrogen) atoms. The fourth-order valence-electron chi connectivity index (χ4n) is 2.79. The van der Waals surface area contributed by atoms with E-state index < -0.39 is 0 Å². The summed E-state index contributed by atoms with van der Waals surface area (Å²) in [4.78, 5) is 9.13. The lowest BCUT2D eigenvalue weighted by molar-refractivity contribution is 0.398. The number of thioether (sulfide) groups is 1. The van der Waals surface area contributed by atoms with Crippen molar-refractivity contribution in [1.82, 2.24) is 10.3 Å². The molecule has 2 aliphatic rings. The zero-order valence-corrected chi connectivity index (χ0v) is 16.0. The number of aromatic nitrogens is 1. The molecule has 0 saturated heterocycles.